The van der Waals surface area contributed by atoms with Gasteiger partial charge in [-0.05, 0) is 26.7 Å². The van der Waals surface area contributed by atoms with Crippen molar-refractivity contribution in [3.8, 4) is 0 Å². The number of nitrogens with zero attached hydrogens (tertiary/aromatic N) is 1. The Hall–Kier alpha value is 0.120. The van der Waals surface area contributed by atoms with Gasteiger partial charge in [-0.2, -0.15) is 12.7 Å². The summed E-state index contributed by atoms with van der Waals surface area (Å²) < 4.78 is 27.6. The molecule has 1 saturated heterocycles. The van der Waals surface area contributed by atoms with E-state index in [4.69, 9.17) is 5.73 Å². The minimum Gasteiger partial charge on any atom is -0.324 e. The Labute approximate surface area is 104 Å². The van der Waals surface area contributed by atoms with E-state index in [2.05, 4.69) is 4.72 Å². The fraction of sp³-hybridized carbons (Fsp3) is 1.00. The molecule has 0 unspecified atom stereocenters. The summed E-state index contributed by atoms with van der Waals surface area (Å²) in [6.45, 7) is 5.12. The number of hydrogen-bond donors (Lipinski definition) is 2. The zero-order valence-electron chi connectivity index (χ0n) is 9.90. The molecule has 1 heterocycles. The van der Waals surface area contributed by atoms with Gasteiger partial charge in [-0.15, -0.1) is 12.4 Å². The summed E-state index contributed by atoms with van der Waals surface area (Å²) in [5, 5.41) is 0. The summed E-state index contributed by atoms with van der Waals surface area (Å²) in [6, 6.07) is 0. The maximum Gasteiger partial charge on any atom is 0.279 e. The van der Waals surface area contributed by atoms with Crippen LogP contribution in [-0.2, 0) is 10.2 Å². The molecular formula is C9H22ClN3O2S. The average Bonchev–Trinajstić information content (AvgIpc) is 2.16. The van der Waals surface area contributed by atoms with Crippen molar-refractivity contribution in [3.63, 3.8) is 0 Å². The highest BCUT2D eigenvalue weighted by atomic mass is 35.5. The third-order valence-corrected chi connectivity index (χ3v) is 3.92. The zero-order chi connectivity index (χ0) is 11.5. The quantitative estimate of drug-likeness (QED) is 0.780. The summed E-state index contributed by atoms with van der Waals surface area (Å²) in [7, 11) is -3.31. The molecule has 1 aliphatic rings. The first-order chi connectivity index (χ1) is 6.81. The van der Waals surface area contributed by atoms with Crippen LogP contribution in [0.5, 0.6) is 0 Å². The molecule has 1 aliphatic heterocycles. The van der Waals surface area contributed by atoms with Crippen molar-refractivity contribution in [2.75, 3.05) is 19.6 Å². The Kier molecular flexibility index (Phi) is 6.21. The highest BCUT2D eigenvalue weighted by molar-refractivity contribution is 7.87. The van der Waals surface area contributed by atoms with E-state index in [1.165, 1.54) is 4.31 Å². The fourth-order valence-electron chi connectivity index (χ4n) is 1.47. The second-order valence-electron chi connectivity index (χ2n) is 4.77. The molecule has 0 saturated carbocycles. The van der Waals surface area contributed by atoms with Crippen LogP contribution in [0.1, 0.15) is 33.1 Å². The zero-order valence-corrected chi connectivity index (χ0v) is 11.5. The van der Waals surface area contributed by atoms with Gasteiger partial charge in [0.15, 0.2) is 0 Å². The van der Waals surface area contributed by atoms with Gasteiger partial charge in [-0.3, -0.25) is 0 Å². The Morgan fingerprint density at radius 2 is 1.75 bits per heavy atom. The third-order valence-electron chi connectivity index (χ3n) is 2.37. The van der Waals surface area contributed by atoms with Crippen LogP contribution >= 0.6 is 12.4 Å². The van der Waals surface area contributed by atoms with Crippen molar-refractivity contribution in [2.24, 2.45) is 5.73 Å². The van der Waals surface area contributed by atoms with Gasteiger partial charge in [0, 0.05) is 25.2 Å². The van der Waals surface area contributed by atoms with E-state index in [9.17, 15) is 8.42 Å². The van der Waals surface area contributed by atoms with Crippen molar-refractivity contribution >= 4 is 22.6 Å². The molecular weight excluding hydrogens is 250 g/mol. The Balaban J connectivity index is 0.00000225. The van der Waals surface area contributed by atoms with Crippen molar-refractivity contribution < 1.29 is 8.42 Å². The van der Waals surface area contributed by atoms with Crippen LogP contribution in [0.25, 0.3) is 0 Å². The highest BCUT2D eigenvalue weighted by Gasteiger charge is 2.25. The van der Waals surface area contributed by atoms with Gasteiger partial charge >= 0.3 is 0 Å². The van der Waals surface area contributed by atoms with E-state index in [0.717, 1.165) is 19.3 Å². The molecule has 3 N–H and O–H groups in total. The normalized spacial score (nSPS) is 19.2. The number of nitrogens with one attached hydrogen (secondary N) is 1. The molecule has 1 fully saturated rings. The molecule has 0 atom stereocenters. The fourth-order valence-corrected chi connectivity index (χ4v) is 2.95. The van der Waals surface area contributed by atoms with Gasteiger partial charge in [0.1, 0.15) is 0 Å². The SMILES string of the molecule is CC(C)(N)CNS(=O)(=O)N1CCCCC1.Cl. The first-order valence-corrected chi connectivity index (χ1v) is 6.79. The monoisotopic (exact) mass is 271 g/mol. The van der Waals surface area contributed by atoms with Crippen molar-refractivity contribution in [3.05, 3.63) is 0 Å². The predicted octanol–water partition coefficient (Wildman–Crippen LogP) is 0.466. The number of hydrogen-bond acceptors (Lipinski definition) is 3. The molecule has 0 aromatic rings. The summed E-state index contributed by atoms with van der Waals surface area (Å²) in [5.41, 5.74) is 5.22. The molecule has 0 aliphatic carbocycles. The molecule has 98 valence electrons. The lowest BCUT2D eigenvalue weighted by atomic mass is 10.1. The van der Waals surface area contributed by atoms with Crippen LogP contribution < -0.4 is 10.5 Å². The van der Waals surface area contributed by atoms with Crippen LogP contribution in [0.3, 0.4) is 0 Å². The standard InChI is InChI=1S/C9H21N3O2S.ClH/c1-9(2,10)8-11-15(13,14)12-6-4-3-5-7-12;/h11H,3-8,10H2,1-2H3;1H. The van der Waals surface area contributed by atoms with Crippen LogP contribution in [0.2, 0.25) is 0 Å². The van der Waals surface area contributed by atoms with Gasteiger partial charge < -0.3 is 5.73 Å². The predicted molar refractivity (Wildman–Crippen MR) is 67.9 cm³/mol. The molecule has 0 spiro atoms. The van der Waals surface area contributed by atoms with Gasteiger partial charge in [0.05, 0.1) is 0 Å². The minimum absolute atomic E-state index is 0. The third kappa shape index (κ3) is 5.45. The topological polar surface area (TPSA) is 75.4 Å². The Morgan fingerprint density at radius 3 is 2.19 bits per heavy atom. The van der Waals surface area contributed by atoms with Gasteiger partial charge in [0.2, 0.25) is 0 Å². The van der Waals surface area contributed by atoms with E-state index >= 15 is 0 Å². The first-order valence-electron chi connectivity index (χ1n) is 5.35. The van der Waals surface area contributed by atoms with E-state index in [1.807, 2.05) is 0 Å². The van der Waals surface area contributed by atoms with Crippen LogP contribution in [-0.4, -0.2) is 37.9 Å². The van der Waals surface area contributed by atoms with E-state index in [1.54, 1.807) is 13.8 Å². The maximum absolute atomic E-state index is 11.8. The molecule has 0 aromatic carbocycles. The van der Waals surface area contributed by atoms with Crippen molar-refractivity contribution in [1.29, 1.82) is 0 Å². The number of rotatable bonds is 4. The van der Waals surface area contributed by atoms with Crippen LogP contribution in [0.4, 0.5) is 0 Å². The summed E-state index contributed by atoms with van der Waals surface area (Å²) in [5.74, 6) is 0. The number of halogens is 1. The molecule has 16 heavy (non-hydrogen) atoms. The van der Waals surface area contributed by atoms with Gasteiger partial charge in [0.25, 0.3) is 10.2 Å². The van der Waals surface area contributed by atoms with E-state index < -0.39 is 15.7 Å². The molecule has 7 heteroatoms. The smallest absolute Gasteiger partial charge is 0.279 e. The molecule has 5 nitrogen and oxygen atoms in total. The summed E-state index contributed by atoms with van der Waals surface area (Å²) >= 11 is 0. The van der Waals surface area contributed by atoms with Crippen LogP contribution in [0, 0.1) is 0 Å². The number of piperidine rings is 1. The molecule has 0 radical (unpaired) electrons. The second kappa shape index (κ2) is 6.16. The molecule has 0 amide bonds. The van der Waals surface area contributed by atoms with Gasteiger partial charge in [-0.25, -0.2) is 4.72 Å². The van der Waals surface area contributed by atoms with E-state index in [-0.39, 0.29) is 19.0 Å². The van der Waals surface area contributed by atoms with Gasteiger partial charge in [-0.1, -0.05) is 6.42 Å². The Morgan fingerprint density at radius 1 is 1.25 bits per heavy atom. The summed E-state index contributed by atoms with van der Waals surface area (Å²) in [6.07, 6.45) is 3.02. The first kappa shape index (κ1) is 16.1. The lowest BCUT2D eigenvalue weighted by Crippen LogP contribution is -2.50. The summed E-state index contributed by atoms with van der Waals surface area (Å²) in [4.78, 5) is 0. The van der Waals surface area contributed by atoms with Crippen molar-refractivity contribution in [2.45, 2.75) is 38.6 Å². The molecule has 1 rings (SSSR count). The molecule has 0 aromatic heterocycles. The minimum atomic E-state index is -3.31. The lowest BCUT2D eigenvalue weighted by Gasteiger charge is -2.28. The van der Waals surface area contributed by atoms with Crippen LogP contribution in [0.15, 0.2) is 0 Å². The Bertz CT molecular complexity index is 294. The number of nitrogens with two attached hydrogens (primary N) is 1. The maximum atomic E-state index is 11.8. The largest absolute Gasteiger partial charge is 0.324 e. The van der Waals surface area contributed by atoms with Crippen molar-refractivity contribution in [1.82, 2.24) is 9.03 Å². The highest BCUT2D eigenvalue weighted by Crippen LogP contribution is 2.11. The lowest BCUT2D eigenvalue weighted by molar-refractivity contribution is 0.339. The average molecular weight is 272 g/mol. The second-order valence-corrected chi connectivity index (χ2v) is 6.53. The van der Waals surface area contributed by atoms with E-state index in [0.29, 0.717) is 13.1 Å². The molecule has 0 bridgehead atoms.